The Morgan fingerprint density at radius 2 is 1.67 bits per heavy atom. The van der Waals surface area contributed by atoms with Crippen molar-refractivity contribution >= 4 is 8.07 Å². The van der Waals surface area contributed by atoms with Crippen molar-refractivity contribution < 1.29 is 0 Å². The molecule has 2 rings (SSSR count). The Morgan fingerprint density at radius 3 is 2.27 bits per heavy atom. The topological polar surface area (TPSA) is 0 Å². The monoisotopic (exact) mass is 220 g/mol. The van der Waals surface area contributed by atoms with Crippen LogP contribution in [0, 0.1) is 23.7 Å². The Labute approximate surface area is 95.5 Å². The summed E-state index contributed by atoms with van der Waals surface area (Å²) in [4.78, 5) is 0. The van der Waals surface area contributed by atoms with E-state index in [-0.39, 0.29) is 0 Å². The lowest BCUT2D eigenvalue weighted by Crippen LogP contribution is -2.26. The first-order valence-electron chi connectivity index (χ1n) is 6.32. The fraction of sp³-hybridized carbons (Fsp3) is 0.714. The van der Waals surface area contributed by atoms with Crippen LogP contribution in [0.3, 0.4) is 0 Å². The third kappa shape index (κ3) is 2.44. The van der Waals surface area contributed by atoms with Gasteiger partial charge in [0.1, 0.15) is 0 Å². The molecule has 0 amide bonds. The maximum Gasteiger partial charge on any atom is 0.0445 e. The molecular formula is C14H24Si. The molecule has 0 saturated heterocycles. The molecule has 0 aromatic carbocycles. The Hall–Kier alpha value is -0.303. The zero-order chi connectivity index (χ0) is 11.1. The van der Waals surface area contributed by atoms with E-state index < -0.39 is 8.07 Å². The molecule has 4 unspecified atom stereocenters. The van der Waals surface area contributed by atoms with Gasteiger partial charge in [-0.1, -0.05) is 56.9 Å². The van der Waals surface area contributed by atoms with Gasteiger partial charge in [-0.05, 0) is 30.1 Å². The summed E-state index contributed by atoms with van der Waals surface area (Å²) in [6.07, 6.45) is 10.9. The highest BCUT2D eigenvalue weighted by molar-refractivity contribution is 6.76. The summed E-state index contributed by atoms with van der Waals surface area (Å²) >= 11 is 0. The summed E-state index contributed by atoms with van der Waals surface area (Å²) < 4.78 is 0. The molecule has 0 nitrogen and oxygen atoms in total. The molecule has 0 N–H and O–H groups in total. The van der Waals surface area contributed by atoms with Gasteiger partial charge in [-0.2, -0.15) is 0 Å². The van der Waals surface area contributed by atoms with Crippen LogP contribution in [0.4, 0.5) is 0 Å². The second-order valence-corrected chi connectivity index (χ2v) is 12.2. The van der Waals surface area contributed by atoms with Crippen LogP contribution in [0.5, 0.6) is 0 Å². The zero-order valence-electron chi connectivity index (χ0n) is 10.5. The van der Waals surface area contributed by atoms with Gasteiger partial charge in [-0.3, -0.25) is 0 Å². The van der Waals surface area contributed by atoms with E-state index in [2.05, 4.69) is 50.9 Å². The number of allylic oxidation sites excluding steroid dienone is 4. The van der Waals surface area contributed by atoms with Crippen LogP contribution >= 0.6 is 0 Å². The third-order valence-corrected chi connectivity index (χ3v) is 5.72. The highest BCUT2D eigenvalue weighted by atomic mass is 28.3. The number of fused-ring (bicyclic) bond motifs is 1. The lowest BCUT2D eigenvalue weighted by atomic mass is 9.85. The molecule has 0 aliphatic heterocycles. The van der Waals surface area contributed by atoms with Gasteiger partial charge in [-0.25, -0.2) is 0 Å². The van der Waals surface area contributed by atoms with Gasteiger partial charge in [0.2, 0.25) is 0 Å². The molecule has 1 fully saturated rings. The Balaban J connectivity index is 2.09. The van der Waals surface area contributed by atoms with E-state index in [1.807, 2.05) is 0 Å². The van der Waals surface area contributed by atoms with E-state index in [1.165, 1.54) is 12.5 Å². The van der Waals surface area contributed by atoms with Gasteiger partial charge in [0.05, 0.1) is 0 Å². The second kappa shape index (κ2) is 3.93. The summed E-state index contributed by atoms with van der Waals surface area (Å²) in [5, 5.41) is 0. The fourth-order valence-corrected chi connectivity index (χ4v) is 5.49. The van der Waals surface area contributed by atoms with Crippen LogP contribution < -0.4 is 0 Å². The average molecular weight is 220 g/mol. The van der Waals surface area contributed by atoms with Gasteiger partial charge >= 0.3 is 0 Å². The minimum atomic E-state index is -0.886. The van der Waals surface area contributed by atoms with Crippen molar-refractivity contribution in [2.75, 3.05) is 0 Å². The van der Waals surface area contributed by atoms with Gasteiger partial charge in [-0.15, -0.1) is 0 Å². The Bertz CT molecular complexity index is 282. The SMILES string of the molecule is CC1CC(C[Si](C)(C)C)C2C=CC=CC12. The maximum absolute atomic E-state index is 2.51. The lowest BCUT2D eigenvalue weighted by Gasteiger charge is -2.27. The largest absolute Gasteiger partial charge is 0.0806 e. The molecule has 1 heteroatoms. The molecule has 0 spiro atoms. The lowest BCUT2D eigenvalue weighted by molar-refractivity contribution is 0.425. The predicted octanol–water partition coefficient (Wildman–Crippen LogP) is 4.34. The van der Waals surface area contributed by atoms with E-state index >= 15 is 0 Å². The van der Waals surface area contributed by atoms with E-state index in [9.17, 15) is 0 Å². The number of rotatable bonds is 2. The summed E-state index contributed by atoms with van der Waals surface area (Å²) in [6, 6.07) is 1.51. The highest BCUT2D eigenvalue weighted by Gasteiger charge is 2.40. The van der Waals surface area contributed by atoms with Gasteiger partial charge in [0.15, 0.2) is 0 Å². The van der Waals surface area contributed by atoms with Crippen molar-refractivity contribution in [2.24, 2.45) is 23.7 Å². The molecule has 0 bridgehead atoms. The summed E-state index contributed by atoms with van der Waals surface area (Å²) in [5.41, 5.74) is 0. The first kappa shape index (κ1) is 11.2. The van der Waals surface area contributed by atoms with E-state index in [0.29, 0.717) is 0 Å². The van der Waals surface area contributed by atoms with Crippen molar-refractivity contribution in [1.82, 2.24) is 0 Å². The first-order valence-corrected chi connectivity index (χ1v) is 10.0. The van der Waals surface area contributed by atoms with Crippen molar-refractivity contribution in [3.05, 3.63) is 24.3 Å². The normalized spacial score (nSPS) is 39.5. The molecule has 0 aromatic rings. The number of hydrogen-bond donors (Lipinski definition) is 0. The maximum atomic E-state index is 2.51. The van der Waals surface area contributed by atoms with Gasteiger partial charge in [0.25, 0.3) is 0 Å². The van der Waals surface area contributed by atoms with Gasteiger partial charge in [0, 0.05) is 8.07 Å². The fourth-order valence-electron chi connectivity index (χ4n) is 3.48. The molecular weight excluding hydrogens is 196 g/mol. The molecule has 0 heterocycles. The quantitative estimate of drug-likeness (QED) is 0.607. The predicted molar refractivity (Wildman–Crippen MR) is 70.7 cm³/mol. The second-order valence-electron chi connectivity index (χ2n) is 6.66. The molecule has 15 heavy (non-hydrogen) atoms. The van der Waals surface area contributed by atoms with Crippen LogP contribution in [0.2, 0.25) is 25.7 Å². The van der Waals surface area contributed by atoms with Crippen LogP contribution in [-0.4, -0.2) is 8.07 Å². The van der Waals surface area contributed by atoms with Crippen molar-refractivity contribution in [3.63, 3.8) is 0 Å². The van der Waals surface area contributed by atoms with Crippen LogP contribution in [0.25, 0.3) is 0 Å². The highest BCUT2D eigenvalue weighted by Crippen LogP contribution is 2.47. The summed E-state index contributed by atoms with van der Waals surface area (Å²) in [6.45, 7) is 9.96. The summed E-state index contributed by atoms with van der Waals surface area (Å²) in [7, 11) is -0.886. The third-order valence-electron chi connectivity index (χ3n) is 3.97. The van der Waals surface area contributed by atoms with Crippen LogP contribution in [-0.2, 0) is 0 Å². The van der Waals surface area contributed by atoms with Crippen molar-refractivity contribution in [2.45, 2.75) is 39.0 Å². The van der Waals surface area contributed by atoms with Crippen LogP contribution in [0.15, 0.2) is 24.3 Å². The Kier molecular flexibility index (Phi) is 2.93. The van der Waals surface area contributed by atoms with Crippen molar-refractivity contribution in [3.8, 4) is 0 Å². The molecule has 0 radical (unpaired) electrons. The molecule has 2 aliphatic rings. The molecule has 4 atom stereocenters. The summed E-state index contributed by atoms with van der Waals surface area (Å²) in [5.74, 6) is 3.57. The average Bonchev–Trinajstić information content (AvgIpc) is 2.42. The molecule has 2 aliphatic carbocycles. The molecule has 84 valence electrons. The first-order chi connectivity index (χ1) is 6.97. The molecule has 1 saturated carbocycles. The van der Waals surface area contributed by atoms with Crippen molar-refractivity contribution in [1.29, 1.82) is 0 Å². The van der Waals surface area contributed by atoms with Crippen LogP contribution in [0.1, 0.15) is 13.3 Å². The smallest absolute Gasteiger partial charge is 0.0445 e. The van der Waals surface area contributed by atoms with Gasteiger partial charge < -0.3 is 0 Å². The number of hydrogen-bond acceptors (Lipinski definition) is 0. The minimum Gasteiger partial charge on any atom is -0.0806 e. The van der Waals surface area contributed by atoms with E-state index in [4.69, 9.17) is 0 Å². The minimum absolute atomic E-state index is 0.844. The Morgan fingerprint density at radius 1 is 1.07 bits per heavy atom. The zero-order valence-corrected chi connectivity index (χ0v) is 11.5. The molecule has 0 aromatic heterocycles. The van der Waals surface area contributed by atoms with E-state index in [1.54, 1.807) is 0 Å². The standard InChI is InChI=1S/C14H24Si/c1-11-9-12(10-15(2,3)4)14-8-6-5-7-13(11)14/h5-8,11-14H,9-10H2,1-4H3. The van der Waals surface area contributed by atoms with E-state index in [0.717, 1.165) is 23.7 Å².